The predicted octanol–water partition coefficient (Wildman–Crippen LogP) is 2.39. The van der Waals surface area contributed by atoms with Crippen molar-refractivity contribution < 1.29 is 14.0 Å². The molecule has 0 bridgehead atoms. The topological polar surface area (TPSA) is 49.4 Å². The molecule has 1 unspecified atom stereocenters. The van der Waals surface area contributed by atoms with Crippen molar-refractivity contribution in [3.05, 3.63) is 35.6 Å². The van der Waals surface area contributed by atoms with Gasteiger partial charge in [0.1, 0.15) is 5.82 Å². The number of unbranched alkanes of at least 4 members (excludes halogenated alkanes) is 2. The molecule has 1 heterocycles. The molecule has 120 valence electrons. The number of hydrogen-bond donors (Lipinski definition) is 1. The van der Waals surface area contributed by atoms with E-state index in [4.69, 9.17) is 0 Å². The van der Waals surface area contributed by atoms with Crippen LogP contribution < -0.4 is 5.32 Å². The summed E-state index contributed by atoms with van der Waals surface area (Å²) in [6.07, 6.45) is 4.45. The van der Waals surface area contributed by atoms with Gasteiger partial charge in [-0.05, 0) is 44.2 Å². The molecule has 0 saturated carbocycles. The summed E-state index contributed by atoms with van der Waals surface area (Å²) in [5, 5.41) is 2.83. The monoisotopic (exact) mass is 306 g/mol. The number of hydrogen-bond acceptors (Lipinski definition) is 3. The Hall–Kier alpha value is -1.75. The van der Waals surface area contributed by atoms with Crippen LogP contribution in [0.25, 0.3) is 0 Å². The second kappa shape index (κ2) is 8.03. The van der Waals surface area contributed by atoms with Crippen LogP contribution in [0, 0.1) is 5.82 Å². The molecule has 1 aliphatic heterocycles. The van der Waals surface area contributed by atoms with Gasteiger partial charge in [0.15, 0.2) is 5.78 Å². The molecule has 5 heteroatoms. The van der Waals surface area contributed by atoms with Gasteiger partial charge in [0.2, 0.25) is 0 Å². The number of rotatable bonds is 7. The van der Waals surface area contributed by atoms with E-state index in [1.807, 2.05) is 7.05 Å². The molecule has 0 aromatic heterocycles. The number of ketones is 1. The van der Waals surface area contributed by atoms with Gasteiger partial charge in [0.25, 0.3) is 5.91 Å². The Morgan fingerprint density at radius 2 is 2.00 bits per heavy atom. The molecule has 0 spiro atoms. The lowest BCUT2D eigenvalue weighted by Gasteiger charge is -2.17. The molecule has 1 fully saturated rings. The Labute approximate surface area is 130 Å². The molecule has 2 rings (SSSR count). The highest BCUT2D eigenvalue weighted by Crippen LogP contribution is 2.17. The van der Waals surface area contributed by atoms with E-state index in [1.54, 1.807) is 0 Å². The summed E-state index contributed by atoms with van der Waals surface area (Å²) < 4.78 is 12.8. The Balaban J connectivity index is 1.58. The number of likely N-dealkylation sites (N-methyl/N-ethyl adjacent to an activating group) is 1. The Morgan fingerprint density at radius 3 is 2.64 bits per heavy atom. The standard InChI is InChI=1S/C17H23FN2O2/c1-20-12-10-16(21)15(20)5-3-2-4-11-19-17(22)13-6-8-14(18)9-7-13/h6-9,15H,2-5,10-12H2,1H3,(H,19,22). The molecule has 1 saturated heterocycles. The zero-order valence-electron chi connectivity index (χ0n) is 13.0. The van der Waals surface area contributed by atoms with Crippen molar-refractivity contribution in [2.24, 2.45) is 0 Å². The number of benzene rings is 1. The minimum absolute atomic E-state index is 0.0915. The fourth-order valence-corrected chi connectivity index (χ4v) is 2.78. The van der Waals surface area contributed by atoms with Gasteiger partial charge in [0, 0.05) is 25.1 Å². The lowest BCUT2D eigenvalue weighted by atomic mass is 10.1. The number of Topliss-reactive ketones (excluding diaryl/α,β-unsaturated/α-hetero) is 1. The number of halogens is 1. The zero-order chi connectivity index (χ0) is 15.9. The summed E-state index contributed by atoms with van der Waals surface area (Å²) in [7, 11) is 2.00. The van der Waals surface area contributed by atoms with Gasteiger partial charge < -0.3 is 5.32 Å². The summed E-state index contributed by atoms with van der Waals surface area (Å²) in [5.41, 5.74) is 0.472. The van der Waals surface area contributed by atoms with Crippen LogP contribution in [0.4, 0.5) is 4.39 Å². The van der Waals surface area contributed by atoms with E-state index < -0.39 is 0 Å². The number of carbonyl (C=O) groups excluding carboxylic acids is 2. The van der Waals surface area contributed by atoms with Crippen molar-refractivity contribution >= 4 is 11.7 Å². The minimum Gasteiger partial charge on any atom is -0.352 e. The first-order valence-electron chi connectivity index (χ1n) is 7.84. The third kappa shape index (κ3) is 4.63. The van der Waals surface area contributed by atoms with Gasteiger partial charge >= 0.3 is 0 Å². The molecule has 1 aliphatic rings. The van der Waals surface area contributed by atoms with Crippen molar-refractivity contribution in [3.8, 4) is 0 Å². The van der Waals surface area contributed by atoms with Crippen LogP contribution in [0.3, 0.4) is 0 Å². The molecular weight excluding hydrogens is 283 g/mol. The van der Waals surface area contributed by atoms with E-state index in [-0.39, 0.29) is 17.8 Å². The third-order valence-electron chi connectivity index (χ3n) is 4.16. The Bertz CT molecular complexity index is 516. The van der Waals surface area contributed by atoms with E-state index >= 15 is 0 Å². The van der Waals surface area contributed by atoms with Crippen LogP contribution in [-0.2, 0) is 4.79 Å². The lowest BCUT2D eigenvalue weighted by molar-refractivity contribution is -0.119. The van der Waals surface area contributed by atoms with Crippen molar-refractivity contribution in [3.63, 3.8) is 0 Å². The van der Waals surface area contributed by atoms with Gasteiger partial charge in [-0.1, -0.05) is 12.8 Å². The minimum atomic E-state index is -0.344. The number of nitrogens with one attached hydrogen (secondary N) is 1. The number of nitrogens with zero attached hydrogens (tertiary/aromatic N) is 1. The predicted molar refractivity (Wildman–Crippen MR) is 83.2 cm³/mol. The number of amides is 1. The smallest absolute Gasteiger partial charge is 0.251 e. The van der Waals surface area contributed by atoms with Gasteiger partial charge in [-0.25, -0.2) is 4.39 Å². The van der Waals surface area contributed by atoms with E-state index in [0.29, 0.717) is 24.3 Å². The highest BCUT2D eigenvalue weighted by Gasteiger charge is 2.28. The van der Waals surface area contributed by atoms with Crippen LogP contribution in [0.15, 0.2) is 24.3 Å². The first-order valence-corrected chi connectivity index (χ1v) is 7.84. The van der Waals surface area contributed by atoms with Crippen LogP contribution in [0.5, 0.6) is 0 Å². The van der Waals surface area contributed by atoms with Crippen LogP contribution in [0.2, 0.25) is 0 Å². The Morgan fingerprint density at radius 1 is 1.27 bits per heavy atom. The van der Waals surface area contributed by atoms with Gasteiger partial charge in [-0.2, -0.15) is 0 Å². The van der Waals surface area contributed by atoms with Crippen LogP contribution >= 0.6 is 0 Å². The maximum absolute atomic E-state index is 12.8. The summed E-state index contributed by atoms with van der Waals surface area (Å²) in [4.78, 5) is 25.6. The second-order valence-electron chi connectivity index (χ2n) is 5.82. The van der Waals surface area contributed by atoms with E-state index in [9.17, 15) is 14.0 Å². The average molecular weight is 306 g/mol. The quantitative estimate of drug-likeness (QED) is 0.787. The fraction of sp³-hybridized carbons (Fsp3) is 0.529. The van der Waals surface area contributed by atoms with Crippen LogP contribution in [0.1, 0.15) is 42.5 Å². The molecule has 22 heavy (non-hydrogen) atoms. The molecular formula is C17H23FN2O2. The molecule has 1 aromatic rings. The molecule has 1 atom stereocenters. The van der Waals surface area contributed by atoms with Gasteiger partial charge in [0.05, 0.1) is 6.04 Å². The third-order valence-corrected chi connectivity index (χ3v) is 4.16. The molecule has 1 N–H and O–H groups in total. The van der Waals surface area contributed by atoms with Crippen LogP contribution in [-0.4, -0.2) is 42.8 Å². The Kier molecular flexibility index (Phi) is 6.07. The van der Waals surface area contributed by atoms with Crippen molar-refractivity contribution in [1.29, 1.82) is 0 Å². The lowest BCUT2D eigenvalue weighted by Crippen LogP contribution is -2.29. The zero-order valence-corrected chi connectivity index (χ0v) is 13.0. The normalized spacial score (nSPS) is 18.6. The first-order chi connectivity index (χ1) is 10.6. The first kappa shape index (κ1) is 16.6. The number of likely N-dealkylation sites (tertiary alicyclic amines) is 1. The SMILES string of the molecule is CN1CCC(=O)C1CCCCCNC(=O)c1ccc(F)cc1. The number of carbonyl (C=O) groups is 2. The summed E-state index contributed by atoms with van der Waals surface area (Å²) in [5.74, 6) is -0.166. The van der Waals surface area contributed by atoms with Crippen molar-refractivity contribution in [2.75, 3.05) is 20.1 Å². The van der Waals surface area contributed by atoms with Crippen molar-refractivity contribution in [2.45, 2.75) is 38.1 Å². The average Bonchev–Trinajstić information content (AvgIpc) is 2.82. The summed E-state index contributed by atoms with van der Waals surface area (Å²) in [6.45, 7) is 1.47. The molecule has 1 aromatic carbocycles. The van der Waals surface area contributed by atoms with E-state index in [1.165, 1.54) is 24.3 Å². The maximum atomic E-state index is 12.8. The second-order valence-corrected chi connectivity index (χ2v) is 5.82. The highest BCUT2D eigenvalue weighted by atomic mass is 19.1. The molecule has 4 nitrogen and oxygen atoms in total. The van der Waals surface area contributed by atoms with Crippen molar-refractivity contribution in [1.82, 2.24) is 10.2 Å². The van der Waals surface area contributed by atoms with Gasteiger partial charge in [-0.3, -0.25) is 14.5 Å². The highest BCUT2D eigenvalue weighted by molar-refractivity contribution is 5.94. The van der Waals surface area contributed by atoms with Gasteiger partial charge in [-0.15, -0.1) is 0 Å². The van der Waals surface area contributed by atoms with E-state index in [2.05, 4.69) is 10.2 Å². The molecule has 0 radical (unpaired) electrons. The maximum Gasteiger partial charge on any atom is 0.251 e. The fourth-order valence-electron chi connectivity index (χ4n) is 2.78. The largest absolute Gasteiger partial charge is 0.352 e. The van der Waals surface area contributed by atoms with E-state index in [0.717, 1.165) is 32.2 Å². The summed E-state index contributed by atoms with van der Waals surface area (Å²) >= 11 is 0. The molecule has 0 aliphatic carbocycles. The summed E-state index contributed by atoms with van der Waals surface area (Å²) in [6, 6.07) is 5.61. The molecule has 1 amide bonds.